The van der Waals surface area contributed by atoms with E-state index >= 15 is 0 Å². The van der Waals surface area contributed by atoms with Crippen molar-refractivity contribution in [3.8, 4) is 17.0 Å². The van der Waals surface area contributed by atoms with E-state index in [2.05, 4.69) is 0 Å². The minimum absolute atomic E-state index is 0.0723. The molecule has 0 bridgehead atoms. The molecule has 0 amide bonds. The van der Waals surface area contributed by atoms with Crippen LogP contribution in [0.4, 0.5) is 9.52 Å². The molecule has 1 aliphatic rings. The predicted molar refractivity (Wildman–Crippen MR) is 128 cm³/mol. The van der Waals surface area contributed by atoms with Gasteiger partial charge in [0.1, 0.15) is 11.6 Å². The molecule has 0 N–H and O–H groups in total. The van der Waals surface area contributed by atoms with Gasteiger partial charge in [0.25, 0.3) is 0 Å². The van der Waals surface area contributed by atoms with Gasteiger partial charge < -0.3 is 4.74 Å². The third-order valence-electron chi connectivity index (χ3n) is 5.42. The zero-order chi connectivity index (χ0) is 22.1. The summed E-state index contributed by atoms with van der Waals surface area (Å²) in [7, 11) is 1.65. The van der Waals surface area contributed by atoms with Crippen LogP contribution in [0.5, 0.6) is 5.75 Å². The molecule has 4 aromatic rings. The van der Waals surface area contributed by atoms with E-state index in [0.29, 0.717) is 11.4 Å². The van der Waals surface area contributed by atoms with Crippen LogP contribution in [0.3, 0.4) is 0 Å². The minimum atomic E-state index is -0.256. The van der Waals surface area contributed by atoms with Gasteiger partial charge in [0, 0.05) is 22.4 Å². The van der Waals surface area contributed by atoms with Crippen LogP contribution >= 0.6 is 22.9 Å². The SMILES string of the molecule is COc1ccc(C2=NN(c3nc(-c4ccc(Cl)cc4)cs3)C(c3ccc(F)cc3)C2)cc1. The van der Waals surface area contributed by atoms with Crippen molar-refractivity contribution in [2.75, 3.05) is 12.1 Å². The fourth-order valence-corrected chi connectivity index (χ4v) is 4.67. The molecule has 0 fully saturated rings. The molecule has 7 heteroatoms. The number of hydrazone groups is 1. The number of hydrogen-bond donors (Lipinski definition) is 0. The van der Waals surface area contributed by atoms with Crippen LogP contribution < -0.4 is 9.75 Å². The number of thiazole rings is 1. The van der Waals surface area contributed by atoms with Crippen molar-refractivity contribution in [3.63, 3.8) is 0 Å². The van der Waals surface area contributed by atoms with Crippen molar-refractivity contribution in [2.24, 2.45) is 5.10 Å². The Bertz CT molecular complexity index is 1250. The Hall–Kier alpha value is -3.22. The number of rotatable bonds is 5. The van der Waals surface area contributed by atoms with Crippen LogP contribution in [-0.4, -0.2) is 17.8 Å². The second-order valence-electron chi connectivity index (χ2n) is 7.41. The van der Waals surface area contributed by atoms with Crippen LogP contribution in [0, 0.1) is 5.82 Å². The van der Waals surface area contributed by atoms with Crippen molar-refractivity contribution >= 4 is 33.8 Å². The number of benzene rings is 3. The molecule has 4 nitrogen and oxygen atoms in total. The zero-order valence-electron chi connectivity index (χ0n) is 17.2. The minimum Gasteiger partial charge on any atom is -0.497 e. The predicted octanol–water partition coefficient (Wildman–Crippen LogP) is 6.97. The van der Waals surface area contributed by atoms with Gasteiger partial charge in [0.05, 0.1) is 24.6 Å². The van der Waals surface area contributed by atoms with E-state index in [1.807, 2.05) is 71.1 Å². The third kappa shape index (κ3) is 4.11. The lowest BCUT2D eigenvalue weighted by Crippen LogP contribution is -2.18. The first kappa shape index (κ1) is 20.7. The number of hydrogen-bond acceptors (Lipinski definition) is 5. The molecule has 1 unspecified atom stereocenters. The molecule has 0 spiro atoms. The van der Waals surface area contributed by atoms with Crippen LogP contribution in [0.2, 0.25) is 5.02 Å². The molecule has 32 heavy (non-hydrogen) atoms. The highest BCUT2D eigenvalue weighted by Gasteiger charge is 2.31. The summed E-state index contributed by atoms with van der Waals surface area (Å²) in [5.74, 6) is 0.542. The van der Waals surface area contributed by atoms with Gasteiger partial charge in [-0.25, -0.2) is 14.4 Å². The zero-order valence-corrected chi connectivity index (χ0v) is 18.8. The third-order valence-corrected chi connectivity index (χ3v) is 6.50. The van der Waals surface area contributed by atoms with Crippen LogP contribution in [0.15, 0.2) is 83.3 Å². The molecule has 0 saturated heterocycles. The van der Waals surface area contributed by atoms with Gasteiger partial charge in [0.15, 0.2) is 0 Å². The molecule has 5 rings (SSSR count). The van der Waals surface area contributed by atoms with Crippen molar-refractivity contribution in [3.05, 3.63) is 100 Å². The molecule has 3 aromatic carbocycles. The Morgan fingerprint density at radius 3 is 2.34 bits per heavy atom. The monoisotopic (exact) mass is 463 g/mol. The van der Waals surface area contributed by atoms with Gasteiger partial charge in [-0.15, -0.1) is 11.3 Å². The fraction of sp³-hybridized carbons (Fsp3) is 0.120. The number of halogens is 2. The summed E-state index contributed by atoms with van der Waals surface area (Å²) in [6.45, 7) is 0. The van der Waals surface area contributed by atoms with Crippen LogP contribution in [-0.2, 0) is 0 Å². The van der Waals surface area contributed by atoms with E-state index in [9.17, 15) is 4.39 Å². The Balaban J connectivity index is 1.51. The molecular weight excluding hydrogens is 445 g/mol. The quantitative estimate of drug-likeness (QED) is 0.321. The standard InChI is InChI=1S/C25H19ClFN3OS/c1-31-21-12-6-16(7-13-21)22-14-24(18-4-10-20(27)11-5-18)30(29-22)25-28-23(15-32-25)17-2-8-19(26)9-3-17/h2-13,15,24H,14H2,1H3. The van der Waals surface area contributed by atoms with Gasteiger partial charge >= 0.3 is 0 Å². The first-order valence-electron chi connectivity index (χ1n) is 10.1. The Morgan fingerprint density at radius 1 is 0.969 bits per heavy atom. The summed E-state index contributed by atoms with van der Waals surface area (Å²) in [5, 5.41) is 10.4. The Labute approximate surface area is 194 Å². The Kier molecular flexibility index (Phi) is 5.64. The van der Waals surface area contributed by atoms with Crippen molar-refractivity contribution in [2.45, 2.75) is 12.5 Å². The van der Waals surface area contributed by atoms with Crippen LogP contribution in [0.25, 0.3) is 11.3 Å². The summed E-state index contributed by atoms with van der Waals surface area (Å²) in [6, 6.07) is 22.0. The highest BCUT2D eigenvalue weighted by Crippen LogP contribution is 2.39. The first-order chi connectivity index (χ1) is 15.6. The lowest BCUT2D eigenvalue weighted by molar-refractivity contribution is 0.415. The molecule has 160 valence electrons. The molecule has 0 saturated carbocycles. The summed E-state index contributed by atoms with van der Waals surface area (Å²) >= 11 is 7.55. The lowest BCUT2D eigenvalue weighted by atomic mass is 9.98. The van der Waals surface area contributed by atoms with Crippen molar-refractivity contribution in [1.82, 2.24) is 4.98 Å². The first-order valence-corrected chi connectivity index (χ1v) is 11.3. The van der Waals surface area contributed by atoms with Crippen LogP contribution in [0.1, 0.15) is 23.6 Å². The molecule has 0 radical (unpaired) electrons. The number of methoxy groups -OCH3 is 1. The average molecular weight is 464 g/mol. The second kappa shape index (κ2) is 8.73. The van der Waals surface area contributed by atoms with E-state index in [4.69, 9.17) is 26.4 Å². The second-order valence-corrected chi connectivity index (χ2v) is 8.69. The number of nitrogens with zero attached hydrogens (tertiary/aromatic N) is 3. The highest BCUT2D eigenvalue weighted by molar-refractivity contribution is 7.14. The van der Waals surface area contributed by atoms with Gasteiger partial charge in [0.2, 0.25) is 5.13 Å². The summed E-state index contributed by atoms with van der Waals surface area (Å²) < 4.78 is 18.8. The lowest BCUT2D eigenvalue weighted by Gasteiger charge is -2.21. The fourth-order valence-electron chi connectivity index (χ4n) is 3.71. The molecule has 1 aliphatic heterocycles. The average Bonchev–Trinajstić information content (AvgIpc) is 3.48. The molecule has 0 aliphatic carbocycles. The van der Waals surface area contributed by atoms with Gasteiger partial charge in [-0.1, -0.05) is 35.9 Å². The maximum atomic E-state index is 13.6. The molecule has 1 aromatic heterocycles. The maximum Gasteiger partial charge on any atom is 0.207 e. The maximum absolute atomic E-state index is 13.6. The number of aromatic nitrogens is 1. The Morgan fingerprint density at radius 2 is 1.66 bits per heavy atom. The van der Waals surface area contributed by atoms with E-state index in [-0.39, 0.29) is 11.9 Å². The van der Waals surface area contributed by atoms with E-state index in [1.165, 1.54) is 23.5 Å². The van der Waals surface area contributed by atoms with E-state index < -0.39 is 0 Å². The van der Waals surface area contributed by atoms with Crippen molar-refractivity contribution < 1.29 is 9.13 Å². The molecular formula is C25H19ClFN3OS. The van der Waals surface area contributed by atoms with Crippen molar-refractivity contribution in [1.29, 1.82) is 0 Å². The van der Waals surface area contributed by atoms with Gasteiger partial charge in [-0.2, -0.15) is 5.10 Å². The van der Waals surface area contributed by atoms with E-state index in [1.54, 1.807) is 7.11 Å². The largest absolute Gasteiger partial charge is 0.497 e. The summed E-state index contributed by atoms with van der Waals surface area (Å²) in [4.78, 5) is 4.84. The summed E-state index contributed by atoms with van der Waals surface area (Å²) in [6.07, 6.45) is 0.688. The normalized spacial score (nSPS) is 15.7. The smallest absolute Gasteiger partial charge is 0.207 e. The summed E-state index contributed by atoms with van der Waals surface area (Å²) in [5.41, 5.74) is 4.82. The topological polar surface area (TPSA) is 37.7 Å². The number of anilines is 1. The molecule has 2 heterocycles. The highest BCUT2D eigenvalue weighted by atomic mass is 35.5. The van der Waals surface area contributed by atoms with Gasteiger partial charge in [-0.05, 0) is 59.7 Å². The molecule has 1 atom stereocenters. The van der Waals surface area contributed by atoms with E-state index in [0.717, 1.165) is 39.0 Å². The number of ether oxygens (including phenoxy) is 1. The van der Waals surface area contributed by atoms with Gasteiger partial charge in [-0.3, -0.25) is 0 Å².